The molecule has 4 aromatic carbocycles. The number of hydrogen-bond acceptors (Lipinski definition) is 14. The number of piperazine rings is 1. The van der Waals surface area contributed by atoms with Gasteiger partial charge in [-0.2, -0.15) is 0 Å². The molecule has 0 aliphatic carbocycles. The second kappa shape index (κ2) is 25.1. The number of aromatic hydroxyl groups is 2. The monoisotopic (exact) mass is 1060 g/mol. The molecule has 5 N–H and O–H groups in total. The second-order valence-corrected chi connectivity index (χ2v) is 22.6. The first-order valence-electron chi connectivity index (χ1n) is 26.1. The highest BCUT2D eigenvalue weighted by atomic mass is 32.1. The van der Waals surface area contributed by atoms with Crippen molar-refractivity contribution in [2.45, 2.75) is 78.5 Å². The first-order chi connectivity index (χ1) is 36.0. The van der Waals surface area contributed by atoms with Gasteiger partial charge in [0.1, 0.15) is 35.9 Å². The van der Waals surface area contributed by atoms with E-state index < -0.39 is 23.6 Å². The van der Waals surface area contributed by atoms with Crippen molar-refractivity contribution in [3.8, 4) is 38.1 Å². The Labute approximate surface area is 448 Å². The summed E-state index contributed by atoms with van der Waals surface area (Å²) in [4.78, 5) is 70.0. The normalized spacial score (nSPS) is 16.9. The summed E-state index contributed by atoms with van der Waals surface area (Å²) in [7, 11) is 0. The average Bonchev–Trinajstić information content (AvgIpc) is 4.13. The summed E-state index contributed by atoms with van der Waals surface area (Å²) >= 11 is 3.04. The van der Waals surface area contributed by atoms with Crippen molar-refractivity contribution in [1.29, 1.82) is 0 Å². The van der Waals surface area contributed by atoms with Gasteiger partial charge < -0.3 is 40.5 Å². The first kappa shape index (κ1) is 55.0. The highest BCUT2D eigenvalue weighted by molar-refractivity contribution is 7.22. The number of nitrogens with zero attached hydrogens (tertiary/aromatic N) is 5. The molecule has 15 nitrogen and oxygen atoms in total. The van der Waals surface area contributed by atoms with Gasteiger partial charge in [-0.25, -0.2) is 4.98 Å². The number of amides is 3. The molecule has 0 bridgehead atoms. The Morgan fingerprint density at radius 1 is 0.853 bits per heavy atom. The molecule has 2 aliphatic heterocycles. The molecule has 0 spiro atoms. The van der Waals surface area contributed by atoms with Gasteiger partial charge in [-0.3, -0.25) is 29.0 Å². The van der Waals surface area contributed by atoms with E-state index in [9.17, 15) is 34.5 Å². The van der Waals surface area contributed by atoms with Crippen LogP contribution in [0.15, 0.2) is 96.5 Å². The number of benzene rings is 4. The fourth-order valence-electron chi connectivity index (χ4n) is 9.88. The van der Waals surface area contributed by atoms with Gasteiger partial charge in [0, 0.05) is 97.8 Å². The number of thiazole rings is 1. The summed E-state index contributed by atoms with van der Waals surface area (Å²) in [6.45, 7) is 18.7. The molecule has 2 saturated heterocycles. The minimum absolute atomic E-state index is 0.0339. The number of likely N-dealkylation sites (N-methyl/N-ethyl adjacent to an activating group) is 1. The molecule has 8 rings (SSSR count). The lowest BCUT2D eigenvalue weighted by atomic mass is 9.85. The van der Waals surface area contributed by atoms with Crippen LogP contribution in [0.2, 0.25) is 0 Å². The number of fused-ring (bicyclic) bond motifs is 1. The van der Waals surface area contributed by atoms with Gasteiger partial charge >= 0.3 is 0 Å². The molecular formula is C58H71N7O8S2. The lowest BCUT2D eigenvalue weighted by molar-refractivity contribution is -0.144. The highest BCUT2D eigenvalue weighted by Crippen LogP contribution is 2.42. The molecule has 0 unspecified atom stereocenters. The molecule has 6 aromatic rings. The van der Waals surface area contributed by atoms with Crippen molar-refractivity contribution >= 4 is 56.3 Å². The van der Waals surface area contributed by atoms with Gasteiger partial charge in [0.05, 0.1) is 22.2 Å². The molecule has 2 aromatic heterocycles. The van der Waals surface area contributed by atoms with Gasteiger partial charge in [-0.15, -0.1) is 22.7 Å². The quantitative estimate of drug-likeness (QED) is 0.0420. The lowest BCUT2D eigenvalue weighted by Crippen LogP contribution is -2.57. The van der Waals surface area contributed by atoms with E-state index in [-0.39, 0.29) is 54.4 Å². The molecule has 2 fully saturated rings. The Morgan fingerprint density at radius 3 is 2.19 bits per heavy atom. The van der Waals surface area contributed by atoms with Gasteiger partial charge in [-0.1, -0.05) is 52.0 Å². The van der Waals surface area contributed by atoms with E-state index in [1.54, 1.807) is 65.9 Å². The maximum Gasteiger partial charge on any atom is 0.246 e. The smallest absolute Gasteiger partial charge is 0.246 e. The van der Waals surface area contributed by atoms with Crippen molar-refractivity contribution < 1.29 is 39.2 Å². The maximum absolute atomic E-state index is 14.1. The standard InChI is InChI=1S/C58H71N7O8S2/c1-6-62(32-33-73-46-20-15-40(16-21-46)52(70)51-47-22-19-44(67)35-49(47)75-54(51)42-13-17-43(66)18-14-42)26-27-64-30-28-63(29-31-64)25-7-8-50(69)61-55(58(3,4)5)57(72)65-36-45(68)34-48(65)56(71)59-24-23-39-9-11-41(12-10-39)53-38(2)60-37-74-53/h9-22,35,37,45,48,55,66-68H,6-8,23-34,36H2,1-5H3,(H,59,71)(H,61,69)/t45-,48-,55+/m0/s1. The summed E-state index contributed by atoms with van der Waals surface area (Å²) in [6.07, 6.45) is 0.853. The van der Waals surface area contributed by atoms with E-state index in [0.717, 1.165) is 101 Å². The van der Waals surface area contributed by atoms with Crippen LogP contribution in [0.25, 0.3) is 31.0 Å². The van der Waals surface area contributed by atoms with Crippen LogP contribution >= 0.6 is 22.7 Å². The Morgan fingerprint density at radius 2 is 1.52 bits per heavy atom. The Kier molecular flexibility index (Phi) is 18.4. The van der Waals surface area contributed by atoms with Crippen LogP contribution in [-0.4, -0.2) is 160 Å². The third-order valence-corrected chi connectivity index (χ3v) is 16.5. The number of aliphatic hydroxyl groups is 1. The first-order valence-corrected chi connectivity index (χ1v) is 27.8. The number of phenols is 2. The fraction of sp³-hybridized carbons (Fsp3) is 0.431. The third-order valence-electron chi connectivity index (χ3n) is 14.3. The topological polar surface area (TPSA) is 188 Å². The largest absolute Gasteiger partial charge is 0.508 e. The lowest BCUT2D eigenvalue weighted by Gasteiger charge is -2.36. The molecule has 17 heteroatoms. The number of aliphatic hydroxyl groups excluding tert-OH is 1. The number of likely N-dealkylation sites (tertiary alicyclic amines) is 1. The van der Waals surface area contributed by atoms with Crippen LogP contribution in [0.5, 0.6) is 17.2 Å². The zero-order valence-corrected chi connectivity index (χ0v) is 45.4. The molecule has 75 heavy (non-hydrogen) atoms. The number of hydrogen-bond donors (Lipinski definition) is 5. The van der Waals surface area contributed by atoms with Gasteiger partial charge in [0.25, 0.3) is 0 Å². The summed E-state index contributed by atoms with van der Waals surface area (Å²) < 4.78 is 6.94. The number of carbonyl (C=O) groups is 4. The second-order valence-electron chi connectivity index (χ2n) is 20.7. The minimum atomic E-state index is -0.863. The predicted octanol–water partition coefficient (Wildman–Crippen LogP) is 7.59. The van der Waals surface area contributed by atoms with E-state index >= 15 is 0 Å². The van der Waals surface area contributed by atoms with Crippen molar-refractivity contribution in [3.05, 3.63) is 119 Å². The maximum atomic E-state index is 14.1. The van der Waals surface area contributed by atoms with Crippen molar-refractivity contribution in [2.24, 2.45) is 5.41 Å². The van der Waals surface area contributed by atoms with E-state index in [1.807, 2.05) is 57.5 Å². The number of rotatable bonds is 22. The van der Waals surface area contributed by atoms with Gasteiger partial charge in [-0.05, 0) is 122 Å². The highest BCUT2D eigenvalue weighted by Gasteiger charge is 2.44. The summed E-state index contributed by atoms with van der Waals surface area (Å²) in [6, 6.07) is 25.6. The van der Waals surface area contributed by atoms with Gasteiger partial charge in [0.15, 0.2) is 5.78 Å². The van der Waals surface area contributed by atoms with E-state index in [0.29, 0.717) is 42.9 Å². The molecule has 0 saturated carbocycles. The summed E-state index contributed by atoms with van der Waals surface area (Å²) in [5.74, 6) is -0.0443. The molecular weight excluding hydrogens is 987 g/mol. The van der Waals surface area contributed by atoms with Crippen LogP contribution < -0.4 is 15.4 Å². The Balaban J connectivity index is 0.728. The number of nitrogens with one attached hydrogen (secondary N) is 2. The zero-order chi connectivity index (χ0) is 53.2. The number of carbonyl (C=O) groups excluding carboxylic acids is 4. The Bertz CT molecular complexity index is 2890. The average molecular weight is 1060 g/mol. The van der Waals surface area contributed by atoms with Crippen LogP contribution in [-0.2, 0) is 20.8 Å². The van der Waals surface area contributed by atoms with E-state index in [1.165, 1.54) is 16.2 Å². The van der Waals surface area contributed by atoms with Crippen molar-refractivity contribution in [3.63, 3.8) is 0 Å². The van der Waals surface area contributed by atoms with Crippen LogP contribution in [0.4, 0.5) is 0 Å². The van der Waals surface area contributed by atoms with Crippen molar-refractivity contribution in [1.82, 2.24) is 35.2 Å². The SMILES string of the molecule is CCN(CCOc1ccc(C(=O)c2c(-c3ccc(O)cc3)sc3cc(O)ccc23)cc1)CCN1CCN(CCCC(=O)N[C@H](C(=O)N2C[C@@H](O)C[C@H]2C(=O)NCCc2ccc(-c3scnc3C)cc2)C(C)(C)C)CC1. The molecule has 4 heterocycles. The Hall–Kier alpha value is -6.21. The molecule has 2 aliphatic rings. The van der Waals surface area contributed by atoms with Crippen molar-refractivity contribution in [2.75, 3.05) is 78.6 Å². The zero-order valence-electron chi connectivity index (χ0n) is 43.7. The number of phenolic OH excluding ortho intramolecular Hbond substituents is 2. The molecule has 398 valence electrons. The van der Waals surface area contributed by atoms with Crippen LogP contribution in [0.3, 0.4) is 0 Å². The number of aryl methyl sites for hydroxylation is 1. The number of aromatic nitrogens is 1. The molecule has 3 amide bonds. The number of β-amino-alcohol motifs (C(OH)–C–C–N with tert-alkyl or cyclic N) is 1. The fourth-order valence-corrected chi connectivity index (χ4v) is 11.9. The van der Waals surface area contributed by atoms with Crippen LogP contribution in [0.1, 0.15) is 74.1 Å². The third kappa shape index (κ3) is 14.2. The van der Waals surface area contributed by atoms with E-state index in [2.05, 4.69) is 49.4 Å². The number of thiophene rings is 1. The number of ketones is 1. The summed E-state index contributed by atoms with van der Waals surface area (Å²) in [5, 5.41) is 37.4. The minimum Gasteiger partial charge on any atom is -0.508 e. The van der Waals surface area contributed by atoms with E-state index in [4.69, 9.17) is 4.74 Å². The summed E-state index contributed by atoms with van der Waals surface area (Å²) in [5.41, 5.74) is 6.28. The molecule has 0 radical (unpaired) electrons. The number of ether oxygens (including phenoxy) is 1. The molecule has 3 atom stereocenters. The van der Waals surface area contributed by atoms with Crippen LogP contribution in [0, 0.1) is 12.3 Å². The predicted molar refractivity (Wildman–Crippen MR) is 297 cm³/mol. The van der Waals surface area contributed by atoms with Gasteiger partial charge in [0.2, 0.25) is 17.7 Å².